The summed E-state index contributed by atoms with van der Waals surface area (Å²) in [6, 6.07) is 0. The van der Waals surface area contributed by atoms with E-state index in [2.05, 4.69) is 22.5 Å². The summed E-state index contributed by atoms with van der Waals surface area (Å²) in [6.45, 7) is 8.28. The first-order chi connectivity index (χ1) is 7.77. The molecule has 4 heteroatoms. The van der Waals surface area contributed by atoms with Crippen LogP contribution in [0.15, 0.2) is 0 Å². The van der Waals surface area contributed by atoms with Crippen molar-refractivity contribution >= 4 is 5.91 Å². The van der Waals surface area contributed by atoms with Crippen molar-refractivity contribution in [2.75, 3.05) is 39.3 Å². The standard InChI is InChI=1S/C12H23N3O/c1-2-12(3-4-12)11(16)14-7-10-15-8-5-13-6-9-15/h13H,2-10H2,1H3,(H,14,16). The lowest BCUT2D eigenvalue weighted by Crippen LogP contribution is -2.46. The molecule has 1 saturated heterocycles. The Morgan fingerprint density at radius 2 is 2.06 bits per heavy atom. The van der Waals surface area contributed by atoms with Crippen LogP contribution in [0.5, 0.6) is 0 Å². The summed E-state index contributed by atoms with van der Waals surface area (Å²) in [5.41, 5.74) is 0.0173. The number of rotatable bonds is 5. The quantitative estimate of drug-likeness (QED) is 0.702. The van der Waals surface area contributed by atoms with Gasteiger partial charge in [-0.15, -0.1) is 0 Å². The van der Waals surface area contributed by atoms with Crippen LogP contribution in [0.1, 0.15) is 26.2 Å². The molecule has 0 aromatic rings. The van der Waals surface area contributed by atoms with Crippen molar-refractivity contribution in [1.82, 2.24) is 15.5 Å². The van der Waals surface area contributed by atoms with Crippen LogP contribution in [0.3, 0.4) is 0 Å². The van der Waals surface area contributed by atoms with Crippen LogP contribution in [0.25, 0.3) is 0 Å². The Hall–Kier alpha value is -0.610. The maximum absolute atomic E-state index is 11.9. The third-order valence-electron chi connectivity index (χ3n) is 3.94. The second-order valence-electron chi connectivity index (χ2n) is 4.98. The topological polar surface area (TPSA) is 44.4 Å². The van der Waals surface area contributed by atoms with Crippen molar-refractivity contribution in [3.05, 3.63) is 0 Å². The third kappa shape index (κ3) is 2.74. The zero-order chi connectivity index (χ0) is 11.4. The summed E-state index contributed by atoms with van der Waals surface area (Å²) in [7, 11) is 0. The van der Waals surface area contributed by atoms with Crippen molar-refractivity contribution in [2.24, 2.45) is 5.41 Å². The summed E-state index contributed by atoms with van der Waals surface area (Å²) in [5.74, 6) is 0.283. The largest absolute Gasteiger partial charge is 0.354 e. The number of nitrogens with zero attached hydrogens (tertiary/aromatic N) is 1. The van der Waals surface area contributed by atoms with Crippen LogP contribution in [0.2, 0.25) is 0 Å². The first-order valence-corrected chi connectivity index (χ1v) is 6.48. The van der Waals surface area contributed by atoms with Crippen molar-refractivity contribution in [1.29, 1.82) is 0 Å². The Balaban J connectivity index is 1.62. The maximum atomic E-state index is 11.9. The van der Waals surface area contributed by atoms with E-state index in [9.17, 15) is 4.79 Å². The summed E-state index contributed by atoms with van der Waals surface area (Å²) in [4.78, 5) is 14.3. The molecule has 1 saturated carbocycles. The minimum atomic E-state index is 0.0173. The molecule has 0 spiro atoms. The van der Waals surface area contributed by atoms with E-state index in [0.717, 1.165) is 58.5 Å². The average Bonchev–Trinajstić information content (AvgIpc) is 3.11. The molecular formula is C12H23N3O. The number of hydrogen-bond donors (Lipinski definition) is 2. The van der Waals surface area contributed by atoms with Crippen LogP contribution in [0.4, 0.5) is 0 Å². The molecule has 4 nitrogen and oxygen atoms in total. The van der Waals surface area contributed by atoms with E-state index >= 15 is 0 Å². The highest BCUT2D eigenvalue weighted by Crippen LogP contribution is 2.48. The monoisotopic (exact) mass is 225 g/mol. The lowest BCUT2D eigenvalue weighted by molar-refractivity contribution is -0.126. The molecule has 1 heterocycles. The molecule has 1 amide bonds. The van der Waals surface area contributed by atoms with Gasteiger partial charge in [0.15, 0.2) is 0 Å². The van der Waals surface area contributed by atoms with Gasteiger partial charge < -0.3 is 10.6 Å². The smallest absolute Gasteiger partial charge is 0.226 e. The maximum Gasteiger partial charge on any atom is 0.226 e. The lowest BCUT2D eigenvalue weighted by atomic mass is 10.0. The summed E-state index contributed by atoms with van der Waals surface area (Å²) in [6.07, 6.45) is 3.17. The fourth-order valence-corrected chi connectivity index (χ4v) is 2.34. The van der Waals surface area contributed by atoms with Crippen LogP contribution >= 0.6 is 0 Å². The van der Waals surface area contributed by atoms with Crippen molar-refractivity contribution in [3.63, 3.8) is 0 Å². The number of carbonyl (C=O) groups excluding carboxylic acids is 1. The van der Waals surface area contributed by atoms with Crippen molar-refractivity contribution < 1.29 is 4.79 Å². The second-order valence-corrected chi connectivity index (χ2v) is 4.98. The van der Waals surface area contributed by atoms with E-state index in [1.807, 2.05) is 0 Å². The first-order valence-electron chi connectivity index (χ1n) is 6.48. The number of piperazine rings is 1. The average molecular weight is 225 g/mol. The van der Waals surface area contributed by atoms with E-state index in [4.69, 9.17) is 0 Å². The number of amides is 1. The SMILES string of the molecule is CCC1(C(=O)NCCN2CCNCC2)CC1. The molecule has 2 rings (SSSR count). The van der Waals surface area contributed by atoms with E-state index in [0.29, 0.717) is 0 Å². The molecule has 16 heavy (non-hydrogen) atoms. The number of carbonyl (C=O) groups is 1. The molecule has 1 aliphatic heterocycles. The zero-order valence-corrected chi connectivity index (χ0v) is 10.2. The highest BCUT2D eigenvalue weighted by atomic mass is 16.2. The molecule has 1 aliphatic carbocycles. The van der Waals surface area contributed by atoms with Crippen LogP contribution in [0, 0.1) is 5.41 Å². The third-order valence-corrected chi connectivity index (χ3v) is 3.94. The predicted octanol–water partition coefficient (Wildman–Crippen LogP) is 0.198. The van der Waals surface area contributed by atoms with Gasteiger partial charge in [0.25, 0.3) is 0 Å². The molecule has 0 bridgehead atoms. The molecule has 0 aromatic carbocycles. The van der Waals surface area contributed by atoms with Gasteiger partial charge in [-0.25, -0.2) is 0 Å². The summed E-state index contributed by atoms with van der Waals surface area (Å²) >= 11 is 0. The minimum Gasteiger partial charge on any atom is -0.354 e. The van der Waals surface area contributed by atoms with Crippen LogP contribution in [-0.4, -0.2) is 50.1 Å². The van der Waals surface area contributed by atoms with Gasteiger partial charge in [-0.1, -0.05) is 6.92 Å². The molecular weight excluding hydrogens is 202 g/mol. The Morgan fingerprint density at radius 1 is 1.38 bits per heavy atom. The molecule has 92 valence electrons. The number of hydrogen-bond acceptors (Lipinski definition) is 3. The Morgan fingerprint density at radius 3 is 2.62 bits per heavy atom. The van der Waals surface area contributed by atoms with E-state index < -0.39 is 0 Å². The van der Waals surface area contributed by atoms with Gasteiger partial charge >= 0.3 is 0 Å². The lowest BCUT2D eigenvalue weighted by Gasteiger charge is -2.27. The summed E-state index contributed by atoms with van der Waals surface area (Å²) in [5, 5.41) is 6.41. The molecule has 0 radical (unpaired) electrons. The Kier molecular flexibility index (Phi) is 3.82. The van der Waals surface area contributed by atoms with Gasteiger partial charge in [0.1, 0.15) is 0 Å². The van der Waals surface area contributed by atoms with Crippen LogP contribution in [-0.2, 0) is 4.79 Å². The van der Waals surface area contributed by atoms with Gasteiger partial charge in [-0.05, 0) is 19.3 Å². The fraction of sp³-hybridized carbons (Fsp3) is 0.917. The molecule has 0 unspecified atom stereocenters. The second kappa shape index (κ2) is 5.15. The first kappa shape index (κ1) is 11.9. The van der Waals surface area contributed by atoms with Gasteiger partial charge in [-0.3, -0.25) is 9.69 Å². The van der Waals surface area contributed by atoms with Crippen LogP contribution < -0.4 is 10.6 Å². The van der Waals surface area contributed by atoms with E-state index in [1.54, 1.807) is 0 Å². The normalized spacial score (nSPS) is 24.1. The van der Waals surface area contributed by atoms with Gasteiger partial charge in [-0.2, -0.15) is 0 Å². The molecule has 2 fully saturated rings. The molecule has 0 aromatic heterocycles. The predicted molar refractivity (Wildman–Crippen MR) is 64.3 cm³/mol. The Bertz CT molecular complexity index is 245. The minimum absolute atomic E-state index is 0.0173. The Labute approximate surface area is 97.8 Å². The highest BCUT2D eigenvalue weighted by molar-refractivity contribution is 5.85. The van der Waals surface area contributed by atoms with Gasteiger partial charge in [0.2, 0.25) is 5.91 Å². The number of nitrogens with one attached hydrogen (secondary N) is 2. The van der Waals surface area contributed by atoms with E-state index in [-0.39, 0.29) is 11.3 Å². The van der Waals surface area contributed by atoms with Crippen molar-refractivity contribution in [2.45, 2.75) is 26.2 Å². The van der Waals surface area contributed by atoms with Crippen molar-refractivity contribution in [3.8, 4) is 0 Å². The highest BCUT2D eigenvalue weighted by Gasteiger charge is 2.47. The summed E-state index contributed by atoms with van der Waals surface area (Å²) < 4.78 is 0. The fourth-order valence-electron chi connectivity index (χ4n) is 2.34. The molecule has 2 N–H and O–H groups in total. The molecule has 0 atom stereocenters. The van der Waals surface area contributed by atoms with Gasteiger partial charge in [0.05, 0.1) is 0 Å². The van der Waals surface area contributed by atoms with E-state index in [1.165, 1.54) is 0 Å². The molecule has 2 aliphatic rings. The van der Waals surface area contributed by atoms with Gasteiger partial charge in [0, 0.05) is 44.7 Å². The zero-order valence-electron chi connectivity index (χ0n) is 10.2.